The van der Waals surface area contributed by atoms with Crippen molar-refractivity contribution in [3.8, 4) is 0 Å². The van der Waals surface area contributed by atoms with E-state index in [0.29, 0.717) is 0 Å². The quantitative estimate of drug-likeness (QED) is 0.767. The van der Waals surface area contributed by atoms with Crippen LogP contribution in [0, 0.1) is 5.41 Å². The number of hydrogen-bond donors (Lipinski definition) is 3. The van der Waals surface area contributed by atoms with Gasteiger partial charge in [0.2, 0.25) is 5.95 Å². The van der Waals surface area contributed by atoms with E-state index in [0.717, 1.165) is 6.07 Å². The van der Waals surface area contributed by atoms with Gasteiger partial charge in [0.25, 0.3) is 0 Å². The Morgan fingerprint density at radius 1 is 1.33 bits per heavy atom. The molecule has 0 fully saturated rings. The Hall–Kier alpha value is -1.57. The van der Waals surface area contributed by atoms with Crippen molar-refractivity contribution in [1.29, 1.82) is 0 Å². The van der Waals surface area contributed by atoms with Crippen molar-refractivity contribution in [1.82, 2.24) is 9.97 Å². The number of nitrogen functional groups attached to an aromatic ring is 1. The standard InChI is InChI=1S/C10H15F3N4O/c1-9(2,5-18)4-15-7-3-6(10(11,12)13)16-8(14)17-7/h3,18H,4-5H2,1-2H3,(H3,14,15,16,17). The second-order valence-electron chi connectivity index (χ2n) is 4.67. The number of nitrogens with one attached hydrogen (secondary N) is 1. The normalized spacial score (nSPS) is 12.6. The Labute approximate surface area is 102 Å². The Kier molecular flexibility index (Phi) is 4.00. The molecule has 0 spiro atoms. The average molecular weight is 264 g/mol. The molecule has 0 aliphatic heterocycles. The summed E-state index contributed by atoms with van der Waals surface area (Å²) in [4.78, 5) is 6.78. The summed E-state index contributed by atoms with van der Waals surface area (Å²) in [5.41, 5.74) is 3.64. The van der Waals surface area contributed by atoms with Crippen molar-refractivity contribution in [2.24, 2.45) is 5.41 Å². The largest absolute Gasteiger partial charge is 0.433 e. The molecule has 18 heavy (non-hydrogen) atoms. The summed E-state index contributed by atoms with van der Waals surface area (Å²) in [7, 11) is 0. The maximum atomic E-state index is 12.5. The van der Waals surface area contributed by atoms with Crippen LogP contribution in [-0.4, -0.2) is 28.2 Å². The van der Waals surface area contributed by atoms with Crippen LogP contribution < -0.4 is 11.1 Å². The third kappa shape index (κ3) is 4.02. The van der Waals surface area contributed by atoms with Gasteiger partial charge in [-0.25, -0.2) is 4.98 Å². The predicted molar refractivity (Wildman–Crippen MR) is 60.8 cm³/mol. The first-order chi connectivity index (χ1) is 8.14. The summed E-state index contributed by atoms with van der Waals surface area (Å²) in [5.74, 6) is -0.467. The van der Waals surface area contributed by atoms with E-state index in [9.17, 15) is 13.2 Å². The Balaban J connectivity index is 2.88. The summed E-state index contributed by atoms with van der Waals surface area (Å²) in [6, 6.07) is 0.782. The van der Waals surface area contributed by atoms with Crippen molar-refractivity contribution in [3.05, 3.63) is 11.8 Å². The Morgan fingerprint density at radius 2 is 1.94 bits per heavy atom. The van der Waals surface area contributed by atoms with Gasteiger partial charge in [0.1, 0.15) is 5.82 Å². The molecule has 0 amide bonds. The highest BCUT2D eigenvalue weighted by molar-refractivity contribution is 5.41. The van der Waals surface area contributed by atoms with Gasteiger partial charge in [-0.05, 0) is 0 Å². The molecule has 0 aliphatic carbocycles. The summed E-state index contributed by atoms with van der Waals surface area (Å²) in [5, 5.41) is 11.7. The zero-order valence-electron chi connectivity index (χ0n) is 10.0. The smallest absolute Gasteiger partial charge is 0.396 e. The van der Waals surface area contributed by atoms with Gasteiger partial charge in [0.15, 0.2) is 5.69 Å². The number of nitrogens with zero attached hydrogens (tertiary/aromatic N) is 2. The van der Waals surface area contributed by atoms with Gasteiger partial charge in [-0.3, -0.25) is 0 Å². The molecule has 0 aliphatic rings. The van der Waals surface area contributed by atoms with Crippen molar-refractivity contribution in [2.45, 2.75) is 20.0 Å². The van der Waals surface area contributed by atoms with E-state index in [-0.39, 0.29) is 19.0 Å². The first-order valence-corrected chi connectivity index (χ1v) is 5.20. The molecule has 0 saturated carbocycles. The van der Waals surface area contributed by atoms with Crippen molar-refractivity contribution >= 4 is 11.8 Å². The second kappa shape index (κ2) is 4.97. The van der Waals surface area contributed by atoms with E-state index >= 15 is 0 Å². The molecule has 0 aromatic carbocycles. The third-order valence-corrected chi connectivity index (χ3v) is 2.21. The maximum absolute atomic E-state index is 12.5. The summed E-state index contributed by atoms with van der Waals surface area (Å²) >= 11 is 0. The fraction of sp³-hybridized carbons (Fsp3) is 0.600. The maximum Gasteiger partial charge on any atom is 0.433 e. The second-order valence-corrected chi connectivity index (χ2v) is 4.67. The molecule has 1 rings (SSSR count). The number of rotatable bonds is 4. The van der Waals surface area contributed by atoms with E-state index in [1.165, 1.54) is 0 Å². The van der Waals surface area contributed by atoms with E-state index in [4.69, 9.17) is 10.8 Å². The minimum atomic E-state index is -4.57. The highest BCUT2D eigenvalue weighted by Gasteiger charge is 2.33. The van der Waals surface area contributed by atoms with Crippen LogP contribution in [0.1, 0.15) is 19.5 Å². The molecule has 0 unspecified atom stereocenters. The fourth-order valence-electron chi connectivity index (χ4n) is 1.09. The number of nitrogens with two attached hydrogens (primary N) is 1. The minimum Gasteiger partial charge on any atom is -0.396 e. The molecular weight excluding hydrogens is 249 g/mol. The van der Waals surface area contributed by atoms with Gasteiger partial charge >= 0.3 is 6.18 Å². The van der Waals surface area contributed by atoms with Gasteiger partial charge in [-0.15, -0.1) is 0 Å². The lowest BCUT2D eigenvalue weighted by atomic mass is 9.95. The number of halogens is 3. The van der Waals surface area contributed by atoms with Crippen LogP contribution >= 0.6 is 0 Å². The van der Waals surface area contributed by atoms with Crippen LogP contribution in [-0.2, 0) is 6.18 Å². The van der Waals surface area contributed by atoms with Crippen molar-refractivity contribution < 1.29 is 18.3 Å². The Bertz CT molecular complexity index is 420. The summed E-state index contributed by atoms with van der Waals surface area (Å²) in [6.07, 6.45) is -4.57. The molecule has 1 aromatic rings. The molecule has 1 aromatic heterocycles. The lowest BCUT2D eigenvalue weighted by Gasteiger charge is -2.22. The van der Waals surface area contributed by atoms with E-state index in [2.05, 4.69) is 15.3 Å². The lowest BCUT2D eigenvalue weighted by molar-refractivity contribution is -0.141. The number of aliphatic hydroxyl groups is 1. The number of aromatic nitrogens is 2. The Morgan fingerprint density at radius 3 is 2.44 bits per heavy atom. The summed E-state index contributed by atoms with van der Waals surface area (Å²) < 4.78 is 37.4. The molecule has 0 atom stereocenters. The minimum absolute atomic E-state index is 0.0173. The molecule has 0 bridgehead atoms. The topological polar surface area (TPSA) is 84.1 Å². The first-order valence-electron chi connectivity index (χ1n) is 5.20. The van der Waals surface area contributed by atoms with Gasteiger partial charge in [-0.1, -0.05) is 13.8 Å². The van der Waals surface area contributed by atoms with Gasteiger partial charge in [0, 0.05) is 24.6 Å². The zero-order chi connectivity index (χ0) is 14.0. The lowest BCUT2D eigenvalue weighted by Crippen LogP contribution is -2.27. The van der Waals surface area contributed by atoms with Gasteiger partial charge < -0.3 is 16.2 Å². The fourth-order valence-corrected chi connectivity index (χ4v) is 1.09. The number of anilines is 2. The van der Waals surface area contributed by atoms with Crippen LogP contribution in [0.3, 0.4) is 0 Å². The van der Waals surface area contributed by atoms with E-state index in [1.54, 1.807) is 13.8 Å². The van der Waals surface area contributed by atoms with Gasteiger partial charge in [0.05, 0.1) is 0 Å². The van der Waals surface area contributed by atoms with Crippen LogP contribution in [0.4, 0.5) is 24.9 Å². The highest BCUT2D eigenvalue weighted by atomic mass is 19.4. The van der Waals surface area contributed by atoms with Crippen molar-refractivity contribution in [3.63, 3.8) is 0 Å². The molecular formula is C10H15F3N4O. The SMILES string of the molecule is CC(C)(CO)CNc1cc(C(F)(F)F)nc(N)n1. The number of hydrogen-bond acceptors (Lipinski definition) is 5. The predicted octanol–water partition coefficient (Wildman–Crippen LogP) is 1.51. The molecule has 1 heterocycles. The molecule has 0 radical (unpaired) electrons. The van der Waals surface area contributed by atoms with E-state index in [1.807, 2.05) is 0 Å². The molecule has 0 saturated heterocycles. The van der Waals surface area contributed by atoms with Crippen LogP contribution in [0.5, 0.6) is 0 Å². The molecule has 4 N–H and O–H groups in total. The number of aliphatic hydroxyl groups excluding tert-OH is 1. The molecule has 8 heteroatoms. The van der Waals surface area contributed by atoms with Gasteiger partial charge in [-0.2, -0.15) is 18.2 Å². The first kappa shape index (κ1) is 14.5. The monoisotopic (exact) mass is 264 g/mol. The molecule has 5 nitrogen and oxygen atoms in total. The molecule has 102 valence electrons. The van der Waals surface area contributed by atoms with Crippen LogP contribution in [0.15, 0.2) is 6.07 Å². The zero-order valence-corrected chi connectivity index (χ0v) is 10.0. The van der Waals surface area contributed by atoms with E-state index < -0.39 is 23.2 Å². The highest BCUT2D eigenvalue weighted by Crippen LogP contribution is 2.29. The van der Waals surface area contributed by atoms with Crippen molar-refractivity contribution in [2.75, 3.05) is 24.2 Å². The third-order valence-electron chi connectivity index (χ3n) is 2.21. The summed E-state index contributed by atoms with van der Waals surface area (Å²) in [6.45, 7) is 3.67. The average Bonchev–Trinajstić information content (AvgIpc) is 2.25. The van der Waals surface area contributed by atoms with Crippen LogP contribution in [0.2, 0.25) is 0 Å². The van der Waals surface area contributed by atoms with Crippen LogP contribution in [0.25, 0.3) is 0 Å². The number of alkyl halides is 3.